The number of terminal acetylenes is 1. The second-order valence-corrected chi connectivity index (χ2v) is 14.0. The lowest BCUT2D eigenvalue weighted by molar-refractivity contribution is -0.145. The number of aliphatic hydroxyl groups is 1. The fourth-order valence-electron chi connectivity index (χ4n) is 6.08. The number of nitrogens with two attached hydrogens (primary N) is 1. The first-order valence-electron chi connectivity index (χ1n) is 17.6. The summed E-state index contributed by atoms with van der Waals surface area (Å²) in [5.74, 6) is -0.272. The van der Waals surface area contributed by atoms with Crippen molar-refractivity contribution in [3.63, 3.8) is 0 Å². The van der Waals surface area contributed by atoms with Gasteiger partial charge in [-0.2, -0.15) is 14.4 Å². The summed E-state index contributed by atoms with van der Waals surface area (Å²) in [6.45, 7) is 1.77. The van der Waals surface area contributed by atoms with Gasteiger partial charge in [0.05, 0.1) is 19.5 Å². The van der Waals surface area contributed by atoms with Gasteiger partial charge in [-0.05, 0) is 30.5 Å². The van der Waals surface area contributed by atoms with Crippen LogP contribution in [0.3, 0.4) is 0 Å². The molecular formula is C35H48F3N6O6P. The molecule has 1 aromatic carbocycles. The quantitative estimate of drug-likeness (QED) is 0.0347. The maximum absolute atomic E-state index is 13.9. The van der Waals surface area contributed by atoms with Crippen LogP contribution in [0.25, 0.3) is 11.2 Å². The van der Waals surface area contributed by atoms with E-state index in [1.807, 2.05) is 0 Å². The van der Waals surface area contributed by atoms with Gasteiger partial charge < -0.3 is 24.8 Å². The highest BCUT2D eigenvalue weighted by Gasteiger charge is 2.49. The molecule has 0 amide bonds. The molecule has 4 N–H and O–H groups in total. The molecule has 12 nitrogen and oxygen atoms in total. The molecule has 280 valence electrons. The lowest BCUT2D eigenvalue weighted by atomic mass is 9.99. The molecule has 1 saturated heterocycles. The Morgan fingerprint density at radius 2 is 1.73 bits per heavy atom. The average molecular weight is 737 g/mol. The van der Waals surface area contributed by atoms with Gasteiger partial charge in [0.25, 0.3) is 8.18 Å². The van der Waals surface area contributed by atoms with Crippen LogP contribution in [0, 0.1) is 30.1 Å². The summed E-state index contributed by atoms with van der Waals surface area (Å²) < 4.78 is 73.2. The van der Waals surface area contributed by atoms with Gasteiger partial charge in [-0.25, -0.2) is 18.9 Å². The Bertz CT molecular complexity index is 1640. The highest BCUT2D eigenvalue weighted by Crippen LogP contribution is 2.39. The topological polar surface area (TPSA) is 164 Å². The number of nitrogens with zero attached hydrogens (tertiary/aromatic N) is 4. The Labute approximate surface area is 297 Å². The summed E-state index contributed by atoms with van der Waals surface area (Å²) in [5.41, 5.74) is 4.21. The fourth-order valence-corrected chi connectivity index (χ4v) is 7.01. The molecule has 16 heteroatoms. The van der Waals surface area contributed by atoms with Crippen LogP contribution < -0.4 is 10.8 Å². The van der Waals surface area contributed by atoms with Crippen molar-refractivity contribution in [3.8, 4) is 12.3 Å². The number of ether oxygens (including phenoxy) is 2. The van der Waals surface area contributed by atoms with Crippen LogP contribution >= 0.6 is 8.18 Å². The zero-order chi connectivity index (χ0) is 36.8. The number of unbranched alkanes of at least 4 members (excludes halogenated alkanes) is 11. The number of hydrogen-bond acceptors (Lipinski definition) is 10. The summed E-state index contributed by atoms with van der Waals surface area (Å²) in [6.07, 6.45) is 17.0. The maximum atomic E-state index is 13.9. The van der Waals surface area contributed by atoms with Crippen molar-refractivity contribution in [3.05, 3.63) is 47.8 Å². The third-order valence-electron chi connectivity index (χ3n) is 8.88. The van der Waals surface area contributed by atoms with Crippen LogP contribution in [0.1, 0.15) is 102 Å². The van der Waals surface area contributed by atoms with Gasteiger partial charge >= 0.3 is 12.0 Å². The van der Waals surface area contributed by atoms with Gasteiger partial charge in [-0.3, -0.25) is 13.9 Å². The second-order valence-electron chi connectivity index (χ2n) is 12.9. The Balaban J connectivity index is 1.29. The Kier molecular flexibility index (Phi) is 15.7. The summed E-state index contributed by atoms with van der Waals surface area (Å²) in [7, 11) is -3.28. The number of anilines is 1. The summed E-state index contributed by atoms with van der Waals surface area (Å²) in [4.78, 5) is 24.4. The van der Waals surface area contributed by atoms with E-state index in [0.717, 1.165) is 31.4 Å². The van der Waals surface area contributed by atoms with Crippen LogP contribution in [-0.2, 0) is 29.8 Å². The fraction of sp³-hybridized carbons (Fsp3) is 0.600. The number of nitrogen functional groups attached to an aromatic ring is 1. The van der Waals surface area contributed by atoms with Crippen molar-refractivity contribution >= 4 is 31.1 Å². The Morgan fingerprint density at radius 3 is 2.35 bits per heavy atom. The average Bonchev–Trinajstić information content (AvgIpc) is 3.66. The highest BCUT2D eigenvalue weighted by molar-refractivity contribution is 7.36. The molecule has 1 aliphatic rings. The Hall–Kier alpha value is -3.54. The lowest BCUT2D eigenvalue weighted by Crippen LogP contribution is -2.43. The van der Waals surface area contributed by atoms with E-state index in [9.17, 15) is 27.6 Å². The number of nitrogens with one attached hydrogen (secondary N) is 1. The first-order valence-corrected chi connectivity index (χ1v) is 18.9. The highest BCUT2D eigenvalue weighted by atomic mass is 31.1. The van der Waals surface area contributed by atoms with E-state index in [1.165, 1.54) is 62.3 Å². The van der Waals surface area contributed by atoms with Crippen molar-refractivity contribution in [2.75, 3.05) is 18.9 Å². The molecule has 51 heavy (non-hydrogen) atoms. The van der Waals surface area contributed by atoms with E-state index in [2.05, 4.69) is 32.9 Å². The molecule has 1 unspecified atom stereocenters. The monoisotopic (exact) mass is 736 g/mol. The standard InChI is InChI=1S/C35H48F3N6O6P/c1-3-5-6-7-8-9-10-11-12-13-14-15-16-48-33(46)27(19-24-17-25(36)20-26(37)18-24)43-51(47)49-22-35(4-2)28(45)21-29(50-35)44-23-40-30-31(39)41-34(38)42-32(30)44/h2,17-18,20,23,27-29,45,51H,3,5-16,19,21-22H2,1H3,(H,43,47)(H2,39,41,42)/t27-,28-,29+,35+/m0/s1. The molecule has 1 fully saturated rings. The predicted molar refractivity (Wildman–Crippen MR) is 186 cm³/mol. The largest absolute Gasteiger partial charge is 0.465 e. The van der Waals surface area contributed by atoms with E-state index < -0.39 is 62.4 Å². The molecule has 0 saturated carbocycles. The zero-order valence-corrected chi connectivity index (χ0v) is 29.9. The van der Waals surface area contributed by atoms with E-state index >= 15 is 0 Å². The van der Waals surface area contributed by atoms with Gasteiger partial charge in [0, 0.05) is 12.5 Å². The SMILES string of the molecule is C#C[C@]1(CO[PH](=O)N[C@@H](Cc2cc(F)cc(F)c2)C(=O)OCCCCCCCCCCCCCC)O[C@@H](n2cnc3c(N)nc(F)nc32)C[C@@H]1O. The molecule has 0 aliphatic carbocycles. The molecule has 3 aromatic rings. The third kappa shape index (κ3) is 11.7. The van der Waals surface area contributed by atoms with Crippen LogP contribution in [-0.4, -0.2) is 61.6 Å². The smallest absolute Gasteiger partial charge is 0.323 e. The van der Waals surface area contributed by atoms with Crippen LogP contribution in [0.4, 0.5) is 19.0 Å². The molecule has 5 atom stereocenters. The number of esters is 1. The van der Waals surface area contributed by atoms with Gasteiger partial charge in [0.15, 0.2) is 22.6 Å². The summed E-state index contributed by atoms with van der Waals surface area (Å²) in [6, 6.07) is 1.55. The van der Waals surface area contributed by atoms with Gasteiger partial charge in [-0.15, -0.1) is 6.42 Å². The molecule has 0 spiro atoms. The van der Waals surface area contributed by atoms with Gasteiger partial charge in [0.1, 0.15) is 30.0 Å². The molecule has 1 aliphatic heterocycles. The molecular weight excluding hydrogens is 688 g/mol. The Morgan fingerprint density at radius 1 is 1.10 bits per heavy atom. The number of halogens is 3. The number of aromatic nitrogens is 4. The molecule has 0 radical (unpaired) electrons. The minimum absolute atomic E-state index is 0.0137. The number of carbonyl (C=O) groups is 1. The summed E-state index contributed by atoms with van der Waals surface area (Å²) >= 11 is 0. The van der Waals surface area contributed by atoms with Crippen molar-refractivity contribution in [2.24, 2.45) is 0 Å². The maximum Gasteiger partial charge on any atom is 0.323 e. The molecule has 4 rings (SSSR count). The minimum atomic E-state index is -3.28. The third-order valence-corrected chi connectivity index (χ3v) is 9.87. The number of fused-ring (bicyclic) bond motifs is 1. The van der Waals surface area contributed by atoms with E-state index in [1.54, 1.807) is 0 Å². The number of hydrogen-bond donors (Lipinski definition) is 3. The normalized spacial score (nSPS) is 20.0. The van der Waals surface area contributed by atoms with E-state index in [4.69, 9.17) is 26.2 Å². The number of rotatable bonds is 22. The first kappa shape index (κ1) is 40.2. The number of benzene rings is 1. The van der Waals surface area contributed by atoms with Crippen LogP contribution in [0.5, 0.6) is 0 Å². The van der Waals surface area contributed by atoms with Gasteiger partial charge in [0.2, 0.25) is 0 Å². The zero-order valence-electron chi connectivity index (χ0n) is 28.9. The molecule has 2 aromatic heterocycles. The predicted octanol–water partition coefficient (Wildman–Crippen LogP) is 6.33. The van der Waals surface area contributed by atoms with Crippen LogP contribution in [0.2, 0.25) is 0 Å². The van der Waals surface area contributed by atoms with Gasteiger partial charge in [-0.1, -0.05) is 83.5 Å². The van der Waals surface area contributed by atoms with E-state index in [0.29, 0.717) is 12.5 Å². The first-order chi connectivity index (χ1) is 24.5. The number of aliphatic hydroxyl groups excluding tert-OH is 1. The minimum Gasteiger partial charge on any atom is -0.465 e. The number of carbonyl (C=O) groups excluding carboxylic acids is 1. The van der Waals surface area contributed by atoms with Crippen molar-refractivity contribution in [1.29, 1.82) is 0 Å². The van der Waals surface area contributed by atoms with Crippen molar-refractivity contribution in [1.82, 2.24) is 24.6 Å². The molecule has 0 bridgehead atoms. The number of imidazole rings is 1. The van der Waals surface area contributed by atoms with Crippen molar-refractivity contribution < 1.29 is 41.6 Å². The summed E-state index contributed by atoms with van der Waals surface area (Å²) in [5, 5.41) is 13.5. The van der Waals surface area contributed by atoms with Crippen molar-refractivity contribution in [2.45, 2.75) is 121 Å². The van der Waals surface area contributed by atoms with E-state index in [-0.39, 0.29) is 42.0 Å². The van der Waals surface area contributed by atoms with Crippen LogP contribution in [0.15, 0.2) is 24.5 Å². The second kappa shape index (κ2) is 19.9. The lowest BCUT2D eigenvalue weighted by Gasteiger charge is -2.26. The molecule has 3 heterocycles.